The Morgan fingerprint density at radius 1 is 1.10 bits per heavy atom. The Kier molecular flexibility index (Phi) is 7.64. The smallest absolute Gasteiger partial charge is 0.273 e. The van der Waals surface area contributed by atoms with Gasteiger partial charge in [0, 0.05) is 23.9 Å². The topological polar surface area (TPSA) is 107 Å². The lowest BCUT2D eigenvalue weighted by molar-refractivity contribution is -0.114. The lowest BCUT2D eigenvalue weighted by Gasteiger charge is -2.14. The molecular weight excluding hydrogens is 374 g/mol. The largest absolute Gasteiger partial charge is 0.472 e. The Morgan fingerprint density at radius 2 is 1.79 bits per heavy atom. The van der Waals surface area contributed by atoms with Crippen LogP contribution in [0.2, 0.25) is 0 Å². The van der Waals surface area contributed by atoms with Gasteiger partial charge in [0.15, 0.2) is 11.5 Å². The quantitative estimate of drug-likeness (QED) is 0.538. The molecule has 2 aromatic rings. The summed E-state index contributed by atoms with van der Waals surface area (Å²) >= 11 is 0. The molecule has 0 saturated carbocycles. The van der Waals surface area contributed by atoms with E-state index in [1.165, 1.54) is 21.3 Å². The number of hydrogen-bond acceptors (Lipinski definition) is 8. The second-order valence-corrected chi connectivity index (χ2v) is 6.07. The minimum Gasteiger partial charge on any atom is -0.472 e. The molecule has 0 aliphatic heterocycles. The number of nitrogens with one attached hydrogen (secondary N) is 1. The summed E-state index contributed by atoms with van der Waals surface area (Å²) < 4.78 is 5.98. The van der Waals surface area contributed by atoms with Crippen LogP contribution in [-0.4, -0.2) is 48.6 Å². The van der Waals surface area contributed by atoms with Crippen LogP contribution in [0, 0.1) is 13.8 Å². The standard InChI is InChI=1S/C20H25N5O4/c1-12-13(2)22-18(14(3)24-27-5)23-20(12)29-11-15-9-7-8-10-16(15)17(25-28-6)19(26)21-4/h7-10H,11H2,1-6H3,(H,21,26)/b24-14-,25-17+. The first-order valence-corrected chi connectivity index (χ1v) is 8.90. The van der Waals surface area contributed by atoms with Crippen LogP contribution in [0.1, 0.15) is 35.1 Å². The highest BCUT2D eigenvalue weighted by Gasteiger charge is 2.18. The van der Waals surface area contributed by atoms with Crippen molar-refractivity contribution in [2.45, 2.75) is 27.4 Å². The number of benzene rings is 1. The summed E-state index contributed by atoms with van der Waals surface area (Å²) in [5.74, 6) is 0.491. The fourth-order valence-corrected chi connectivity index (χ4v) is 2.53. The van der Waals surface area contributed by atoms with E-state index >= 15 is 0 Å². The summed E-state index contributed by atoms with van der Waals surface area (Å²) in [6.45, 7) is 5.68. The first-order chi connectivity index (χ1) is 13.9. The molecule has 1 N–H and O–H groups in total. The van der Waals surface area contributed by atoms with Gasteiger partial charge in [-0.15, -0.1) is 0 Å². The van der Waals surface area contributed by atoms with Gasteiger partial charge in [-0.1, -0.05) is 34.6 Å². The summed E-state index contributed by atoms with van der Waals surface area (Å²) in [5.41, 5.74) is 3.65. The Morgan fingerprint density at radius 3 is 2.45 bits per heavy atom. The number of amides is 1. The average Bonchev–Trinajstić information content (AvgIpc) is 2.72. The van der Waals surface area contributed by atoms with Crippen LogP contribution in [-0.2, 0) is 21.1 Å². The molecule has 9 nitrogen and oxygen atoms in total. The fraction of sp³-hybridized carbons (Fsp3) is 0.350. The van der Waals surface area contributed by atoms with Crippen molar-refractivity contribution in [1.29, 1.82) is 0 Å². The van der Waals surface area contributed by atoms with Crippen LogP contribution in [0.5, 0.6) is 5.88 Å². The Labute approximate surface area is 169 Å². The van der Waals surface area contributed by atoms with E-state index in [0.29, 0.717) is 23.0 Å². The molecule has 9 heteroatoms. The summed E-state index contributed by atoms with van der Waals surface area (Å²) in [5, 5.41) is 10.3. The van der Waals surface area contributed by atoms with Gasteiger partial charge in [-0.05, 0) is 26.3 Å². The second kappa shape index (κ2) is 10.2. The molecule has 0 aliphatic carbocycles. The molecule has 0 bridgehead atoms. The summed E-state index contributed by atoms with van der Waals surface area (Å²) in [6.07, 6.45) is 0. The van der Waals surface area contributed by atoms with Crippen molar-refractivity contribution in [2.75, 3.05) is 21.3 Å². The van der Waals surface area contributed by atoms with Crippen molar-refractivity contribution < 1.29 is 19.2 Å². The highest BCUT2D eigenvalue weighted by atomic mass is 16.6. The summed E-state index contributed by atoms with van der Waals surface area (Å²) in [4.78, 5) is 30.7. The lowest BCUT2D eigenvalue weighted by Crippen LogP contribution is -2.29. The first-order valence-electron chi connectivity index (χ1n) is 8.90. The highest BCUT2D eigenvalue weighted by Crippen LogP contribution is 2.20. The maximum absolute atomic E-state index is 12.2. The molecule has 0 atom stereocenters. The van der Waals surface area contributed by atoms with Gasteiger partial charge >= 0.3 is 0 Å². The molecule has 2 rings (SSSR count). The molecule has 0 spiro atoms. The van der Waals surface area contributed by atoms with Gasteiger partial charge in [-0.3, -0.25) is 4.79 Å². The average molecular weight is 399 g/mol. The number of hydrogen-bond donors (Lipinski definition) is 1. The van der Waals surface area contributed by atoms with Gasteiger partial charge in [0.25, 0.3) is 5.91 Å². The van der Waals surface area contributed by atoms with Crippen molar-refractivity contribution in [3.8, 4) is 5.88 Å². The van der Waals surface area contributed by atoms with Gasteiger partial charge in [0.2, 0.25) is 5.88 Å². The maximum atomic E-state index is 12.2. The molecule has 1 aromatic heterocycles. The van der Waals surface area contributed by atoms with Gasteiger partial charge in [-0.2, -0.15) is 4.98 Å². The molecule has 0 radical (unpaired) electrons. The number of aryl methyl sites for hydroxylation is 1. The summed E-state index contributed by atoms with van der Waals surface area (Å²) in [7, 11) is 4.39. The van der Waals surface area contributed by atoms with Gasteiger partial charge < -0.3 is 19.7 Å². The number of rotatable bonds is 8. The van der Waals surface area contributed by atoms with Crippen LogP contribution in [0.4, 0.5) is 0 Å². The molecule has 0 fully saturated rings. The Hall–Kier alpha value is -3.49. The van der Waals surface area contributed by atoms with E-state index in [4.69, 9.17) is 14.4 Å². The third-order valence-electron chi connectivity index (χ3n) is 4.16. The number of carbonyl (C=O) groups excluding carboxylic acids is 1. The van der Waals surface area contributed by atoms with E-state index in [1.807, 2.05) is 32.0 Å². The minimum atomic E-state index is -0.359. The molecule has 0 aliphatic rings. The number of aromatic nitrogens is 2. The SMILES string of the molecule is CNC(=O)/C(=N/OC)c1ccccc1COc1nc(/C(C)=N\OC)nc(C)c1C. The van der Waals surface area contributed by atoms with Crippen molar-refractivity contribution in [3.63, 3.8) is 0 Å². The summed E-state index contributed by atoms with van der Waals surface area (Å²) in [6, 6.07) is 7.31. The van der Waals surface area contributed by atoms with Crippen LogP contribution in [0.15, 0.2) is 34.6 Å². The lowest BCUT2D eigenvalue weighted by atomic mass is 10.0. The van der Waals surface area contributed by atoms with Gasteiger partial charge in [0.05, 0.1) is 0 Å². The van der Waals surface area contributed by atoms with E-state index < -0.39 is 0 Å². The highest BCUT2D eigenvalue weighted by molar-refractivity contribution is 6.45. The van der Waals surface area contributed by atoms with Gasteiger partial charge in [0.1, 0.15) is 26.5 Å². The van der Waals surface area contributed by atoms with E-state index in [-0.39, 0.29) is 18.2 Å². The van der Waals surface area contributed by atoms with E-state index in [0.717, 1.165) is 16.8 Å². The number of oxime groups is 2. The number of nitrogens with zero attached hydrogens (tertiary/aromatic N) is 4. The number of ether oxygens (including phenoxy) is 1. The van der Waals surface area contributed by atoms with Crippen molar-refractivity contribution >= 4 is 17.3 Å². The normalized spacial score (nSPS) is 11.8. The van der Waals surface area contributed by atoms with Gasteiger partial charge in [-0.25, -0.2) is 4.98 Å². The maximum Gasteiger partial charge on any atom is 0.273 e. The molecule has 1 aromatic carbocycles. The molecule has 154 valence electrons. The first kappa shape index (κ1) is 21.8. The molecular formula is C20H25N5O4. The zero-order valence-corrected chi connectivity index (χ0v) is 17.4. The molecule has 0 saturated heterocycles. The monoisotopic (exact) mass is 399 g/mol. The third-order valence-corrected chi connectivity index (χ3v) is 4.16. The fourth-order valence-electron chi connectivity index (χ4n) is 2.53. The van der Waals surface area contributed by atoms with E-state index in [2.05, 4.69) is 25.6 Å². The van der Waals surface area contributed by atoms with Crippen LogP contribution < -0.4 is 10.1 Å². The zero-order chi connectivity index (χ0) is 21.4. The van der Waals surface area contributed by atoms with Crippen LogP contribution >= 0.6 is 0 Å². The predicted molar refractivity (Wildman–Crippen MR) is 109 cm³/mol. The molecule has 1 heterocycles. The number of carbonyl (C=O) groups is 1. The van der Waals surface area contributed by atoms with E-state index in [9.17, 15) is 4.79 Å². The third kappa shape index (κ3) is 5.28. The molecule has 29 heavy (non-hydrogen) atoms. The van der Waals surface area contributed by atoms with E-state index in [1.54, 1.807) is 13.0 Å². The van der Waals surface area contributed by atoms with Crippen molar-refractivity contribution in [1.82, 2.24) is 15.3 Å². The van der Waals surface area contributed by atoms with Crippen LogP contribution in [0.3, 0.4) is 0 Å². The van der Waals surface area contributed by atoms with Crippen molar-refractivity contribution in [2.24, 2.45) is 10.3 Å². The van der Waals surface area contributed by atoms with Crippen molar-refractivity contribution in [3.05, 3.63) is 52.5 Å². The Balaban J connectivity index is 2.37. The zero-order valence-electron chi connectivity index (χ0n) is 17.4. The minimum absolute atomic E-state index is 0.161. The van der Waals surface area contributed by atoms with Crippen LogP contribution in [0.25, 0.3) is 0 Å². The predicted octanol–water partition coefficient (Wildman–Crippen LogP) is 2.14. The Bertz CT molecular complexity index is 940. The number of likely N-dealkylation sites (N-methyl/N-ethyl adjacent to an activating group) is 1. The second-order valence-electron chi connectivity index (χ2n) is 6.07. The molecule has 1 amide bonds. The molecule has 0 unspecified atom stereocenters.